The van der Waals surface area contributed by atoms with Crippen molar-refractivity contribution >= 4 is 20.0 Å². The van der Waals surface area contributed by atoms with E-state index in [-0.39, 0.29) is 11.1 Å². The first-order chi connectivity index (χ1) is 12.5. The van der Waals surface area contributed by atoms with Crippen molar-refractivity contribution < 1.29 is 25.6 Å². The van der Waals surface area contributed by atoms with Crippen LogP contribution in [-0.4, -0.2) is 40.4 Å². The maximum Gasteiger partial charge on any atom is 0.214 e. The highest BCUT2D eigenvalue weighted by Gasteiger charge is 2.32. The molecule has 0 heterocycles. The molecule has 0 fully saturated rings. The van der Waals surface area contributed by atoms with Gasteiger partial charge in [-0.15, -0.1) is 0 Å². The van der Waals surface area contributed by atoms with Gasteiger partial charge in [-0.25, -0.2) is 35.1 Å². The number of hydrogen-bond donors (Lipinski definition) is 2. The number of sulfonamides is 2. The molecule has 2 unspecified atom stereocenters. The highest BCUT2D eigenvalue weighted by atomic mass is 32.2. The molecule has 10 heteroatoms. The second-order valence-electron chi connectivity index (χ2n) is 7.80. The SMILES string of the molecule is CC(C)S(=O)(=O)NCC(C)(F)c1ccc(C(C)(F)CNS(=O)(=O)C(C)C)cc1. The number of hydrogen-bond acceptors (Lipinski definition) is 4. The Bertz CT molecular complexity index is 790. The highest BCUT2D eigenvalue weighted by Crippen LogP contribution is 2.30. The Hall–Kier alpha value is -1.10. The summed E-state index contributed by atoms with van der Waals surface area (Å²) in [6.45, 7) is 7.52. The van der Waals surface area contributed by atoms with Crippen molar-refractivity contribution in [3.8, 4) is 0 Å². The Morgan fingerprint density at radius 3 is 1.21 bits per heavy atom. The summed E-state index contributed by atoms with van der Waals surface area (Å²) in [6, 6.07) is 5.48. The van der Waals surface area contributed by atoms with Gasteiger partial charge in [0.25, 0.3) is 0 Å². The van der Waals surface area contributed by atoms with Gasteiger partial charge in [0.2, 0.25) is 20.0 Å². The lowest BCUT2D eigenvalue weighted by Gasteiger charge is -2.25. The van der Waals surface area contributed by atoms with E-state index in [4.69, 9.17) is 0 Å². The number of benzene rings is 1. The van der Waals surface area contributed by atoms with Gasteiger partial charge in [-0.1, -0.05) is 24.3 Å². The maximum absolute atomic E-state index is 14.9. The number of nitrogens with one attached hydrogen (secondary N) is 2. The summed E-state index contributed by atoms with van der Waals surface area (Å²) < 4.78 is 81.6. The van der Waals surface area contributed by atoms with Crippen molar-refractivity contribution in [2.45, 2.75) is 63.4 Å². The summed E-state index contributed by atoms with van der Waals surface area (Å²) in [5.41, 5.74) is -3.62. The van der Waals surface area contributed by atoms with Gasteiger partial charge in [-0.2, -0.15) is 0 Å². The minimum Gasteiger partial charge on any atom is -0.238 e. The first-order valence-electron chi connectivity index (χ1n) is 8.97. The summed E-state index contributed by atoms with van der Waals surface area (Å²) >= 11 is 0. The topological polar surface area (TPSA) is 92.3 Å². The van der Waals surface area contributed by atoms with Crippen LogP contribution in [0.5, 0.6) is 0 Å². The standard InChI is InChI=1S/C18H30F2N2O4S2/c1-13(2)27(23,24)21-11-17(5,19)15-7-9-16(10-8-15)18(6,20)12-22-28(25,26)14(3)4/h7-10,13-14,21-22H,11-12H2,1-6H3. The van der Waals surface area contributed by atoms with Crippen LogP contribution in [0.1, 0.15) is 52.7 Å². The Morgan fingerprint density at radius 1 is 0.750 bits per heavy atom. The van der Waals surface area contributed by atoms with Crippen LogP contribution in [0.4, 0.5) is 8.78 Å². The quantitative estimate of drug-likeness (QED) is 0.585. The molecule has 0 saturated carbocycles. The molecular weight excluding hydrogens is 410 g/mol. The van der Waals surface area contributed by atoms with Crippen LogP contribution in [0.15, 0.2) is 24.3 Å². The van der Waals surface area contributed by atoms with E-state index >= 15 is 0 Å². The molecule has 0 aliphatic rings. The minimum atomic E-state index is -3.61. The highest BCUT2D eigenvalue weighted by molar-refractivity contribution is 7.90. The predicted octanol–water partition coefficient (Wildman–Crippen LogP) is 2.71. The van der Waals surface area contributed by atoms with E-state index in [0.29, 0.717) is 0 Å². The summed E-state index contributed by atoms with van der Waals surface area (Å²) in [5, 5.41) is -1.37. The van der Waals surface area contributed by atoms with Crippen LogP contribution < -0.4 is 9.44 Å². The summed E-state index contributed by atoms with van der Waals surface area (Å²) in [6.07, 6.45) is 0. The van der Waals surface area contributed by atoms with Crippen LogP contribution in [0, 0.1) is 0 Å². The molecule has 0 saturated heterocycles. The van der Waals surface area contributed by atoms with Crippen molar-refractivity contribution in [1.82, 2.24) is 9.44 Å². The molecule has 2 N–H and O–H groups in total. The lowest BCUT2D eigenvalue weighted by molar-refractivity contribution is 0.191. The summed E-state index contributed by atoms with van der Waals surface area (Å²) in [5.74, 6) is 0. The molecule has 1 aromatic carbocycles. The average molecular weight is 441 g/mol. The monoisotopic (exact) mass is 440 g/mol. The van der Waals surface area contributed by atoms with E-state index in [1.165, 1.54) is 65.8 Å². The van der Waals surface area contributed by atoms with Gasteiger partial charge in [-0.05, 0) is 52.7 Å². The van der Waals surface area contributed by atoms with E-state index in [0.717, 1.165) is 0 Å². The van der Waals surface area contributed by atoms with Crippen LogP contribution in [0.2, 0.25) is 0 Å². The zero-order valence-corrected chi connectivity index (χ0v) is 18.7. The number of halogens is 2. The van der Waals surface area contributed by atoms with Gasteiger partial charge in [0.05, 0.1) is 10.5 Å². The first kappa shape index (κ1) is 24.9. The van der Waals surface area contributed by atoms with Gasteiger partial charge in [0, 0.05) is 13.1 Å². The second kappa shape index (κ2) is 8.73. The molecule has 0 aliphatic carbocycles. The smallest absolute Gasteiger partial charge is 0.214 e. The third-order valence-electron chi connectivity index (χ3n) is 4.54. The van der Waals surface area contributed by atoms with Crippen LogP contribution in [0.3, 0.4) is 0 Å². The van der Waals surface area contributed by atoms with Crippen molar-refractivity contribution in [3.05, 3.63) is 35.4 Å². The molecule has 0 spiro atoms. The van der Waals surface area contributed by atoms with Crippen molar-refractivity contribution in [2.75, 3.05) is 13.1 Å². The molecule has 0 radical (unpaired) electrons. The van der Waals surface area contributed by atoms with Crippen molar-refractivity contribution in [3.63, 3.8) is 0 Å². The molecule has 0 aliphatic heterocycles. The van der Waals surface area contributed by atoms with E-state index in [9.17, 15) is 25.6 Å². The molecule has 1 aromatic rings. The van der Waals surface area contributed by atoms with Crippen molar-refractivity contribution in [1.29, 1.82) is 0 Å². The van der Waals surface area contributed by atoms with E-state index < -0.39 is 55.0 Å². The van der Waals surface area contributed by atoms with E-state index in [2.05, 4.69) is 9.44 Å². The Balaban J connectivity index is 2.91. The largest absolute Gasteiger partial charge is 0.238 e. The molecule has 0 amide bonds. The fourth-order valence-corrected chi connectivity index (χ4v) is 3.79. The molecule has 1 rings (SSSR count). The maximum atomic E-state index is 14.9. The zero-order valence-electron chi connectivity index (χ0n) is 17.1. The molecule has 0 bridgehead atoms. The molecule has 162 valence electrons. The van der Waals surface area contributed by atoms with Gasteiger partial charge in [-0.3, -0.25) is 0 Å². The summed E-state index contributed by atoms with van der Waals surface area (Å²) in [4.78, 5) is 0. The lowest BCUT2D eigenvalue weighted by atomic mass is 9.92. The Morgan fingerprint density at radius 2 is 1.00 bits per heavy atom. The van der Waals surface area contributed by atoms with Crippen LogP contribution in [0.25, 0.3) is 0 Å². The van der Waals surface area contributed by atoms with E-state index in [1.54, 1.807) is 0 Å². The Labute approximate surface area is 167 Å². The van der Waals surface area contributed by atoms with Crippen molar-refractivity contribution in [2.24, 2.45) is 0 Å². The zero-order chi connectivity index (χ0) is 22.0. The fraction of sp³-hybridized carbons (Fsp3) is 0.667. The molecule has 0 aromatic heterocycles. The van der Waals surface area contributed by atoms with Crippen LogP contribution >= 0.6 is 0 Å². The molecule has 2 atom stereocenters. The lowest BCUT2D eigenvalue weighted by Crippen LogP contribution is -2.39. The average Bonchev–Trinajstić information content (AvgIpc) is 2.58. The summed E-state index contributed by atoms with van der Waals surface area (Å²) in [7, 11) is -7.23. The van der Waals surface area contributed by atoms with Gasteiger partial charge in [0.15, 0.2) is 0 Å². The fourth-order valence-electron chi connectivity index (χ4n) is 2.17. The van der Waals surface area contributed by atoms with Gasteiger partial charge < -0.3 is 0 Å². The molecule has 6 nitrogen and oxygen atoms in total. The predicted molar refractivity (Wildman–Crippen MR) is 107 cm³/mol. The van der Waals surface area contributed by atoms with Gasteiger partial charge in [0.1, 0.15) is 11.3 Å². The van der Waals surface area contributed by atoms with Crippen LogP contribution in [-0.2, 0) is 31.4 Å². The first-order valence-corrected chi connectivity index (χ1v) is 12.1. The van der Waals surface area contributed by atoms with Gasteiger partial charge >= 0.3 is 0 Å². The normalized spacial score (nSPS) is 17.5. The van der Waals surface area contributed by atoms with E-state index in [1.807, 2.05) is 0 Å². The number of alkyl halides is 2. The second-order valence-corrected chi connectivity index (χ2v) is 12.4. The third-order valence-corrected chi connectivity index (χ3v) is 8.12. The number of rotatable bonds is 10. The Kier molecular flexibility index (Phi) is 7.77. The minimum absolute atomic E-state index is 0.182. The molecular formula is C18H30F2N2O4S2. The molecule has 28 heavy (non-hydrogen) atoms. The third kappa shape index (κ3) is 6.47.